The molecule has 1 fully saturated rings. The van der Waals surface area contributed by atoms with Gasteiger partial charge < -0.3 is 11.5 Å². The Bertz CT molecular complexity index is 396. The summed E-state index contributed by atoms with van der Waals surface area (Å²) in [4.78, 5) is 11.0. The average molecular weight is 243 g/mol. The van der Waals surface area contributed by atoms with Gasteiger partial charge in [-0.05, 0) is 25.7 Å². The Balaban J connectivity index is 2.17. The van der Waals surface area contributed by atoms with Gasteiger partial charge in [0, 0.05) is 12.1 Å². The fraction of sp³-hybridized carbons (Fsp3) is 0.600. The number of hydrogen-bond donors (Lipinski definition) is 2. The number of rotatable bonds is 2. The summed E-state index contributed by atoms with van der Waals surface area (Å²) in [5.74, 6) is -0.548. The topological polar surface area (TPSA) is 86.9 Å². The normalized spacial score (nSPS) is 25.6. The second-order valence-corrected chi connectivity index (χ2v) is 4.62. The maximum Gasteiger partial charge on any atom is 0.269 e. The Morgan fingerprint density at radius 1 is 1.44 bits per heavy atom. The van der Waals surface area contributed by atoms with Gasteiger partial charge in [-0.3, -0.25) is 9.48 Å². The first-order valence-electron chi connectivity index (χ1n) is 5.38. The molecule has 1 heterocycles. The molecule has 0 saturated heterocycles. The van der Waals surface area contributed by atoms with Crippen LogP contribution in [0.3, 0.4) is 0 Å². The molecule has 0 bridgehead atoms. The lowest BCUT2D eigenvalue weighted by Crippen LogP contribution is -2.28. The lowest BCUT2D eigenvalue weighted by molar-refractivity contribution is 0.0994. The molecule has 0 radical (unpaired) electrons. The summed E-state index contributed by atoms with van der Waals surface area (Å²) in [6.45, 7) is 0. The number of nitrogens with two attached hydrogens (primary N) is 2. The number of halogens is 1. The van der Waals surface area contributed by atoms with E-state index in [1.165, 1.54) is 6.07 Å². The van der Waals surface area contributed by atoms with Crippen molar-refractivity contribution >= 4 is 17.5 Å². The number of hydrogen-bond acceptors (Lipinski definition) is 3. The van der Waals surface area contributed by atoms with E-state index in [4.69, 9.17) is 23.1 Å². The van der Waals surface area contributed by atoms with Crippen molar-refractivity contribution in [2.45, 2.75) is 37.8 Å². The summed E-state index contributed by atoms with van der Waals surface area (Å²) in [6.07, 6.45) is 3.82. The van der Waals surface area contributed by atoms with E-state index in [1.54, 1.807) is 4.68 Å². The zero-order chi connectivity index (χ0) is 11.7. The summed E-state index contributed by atoms with van der Waals surface area (Å²) < 4.78 is 1.69. The van der Waals surface area contributed by atoms with E-state index in [2.05, 4.69) is 5.10 Å². The maximum absolute atomic E-state index is 11.0. The van der Waals surface area contributed by atoms with Gasteiger partial charge in [0.1, 0.15) is 5.15 Å². The zero-order valence-electron chi connectivity index (χ0n) is 8.90. The maximum atomic E-state index is 11.0. The molecule has 0 aromatic carbocycles. The van der Waals surface area contributed by atoms with Gasteiger partial charge in [-0.2, -0.15) is 5.10 Å². The molecule has 1 saturated carbocycles. The second kappa shape index (κ2) is 4.43. The fourth-order valence-corrected chi connectivity index (χ4v) is 2.37. The molecule has 88 valence electrons. The van der Waals surface area contributed by atoms with Crippen molar-refractivity contribution in [2.24, 2.45) is 11.5 Å². The van der Waals surface area contributed by atoms with Crippen molar-refractivity contribution in [1.29, 1.82) is 0 Å². The van der Waals surface area contributed by atoms with Crippen LogP contribution in [-0.2, 0) is 0 Å². The number of nitrogens with zero attached hydrogens (tertiary/aromatic N) is 2. The summed E-state index contributed by atoms with van der Waals surface area (Å²) in [5, 5.41) is 4.59. The highest BCUT2D eigenvalue weighted by molar-refractivity contribution is 6.30. The third kappa shape index (κ3) is 2.20. The van der Waals surface area contributed by atoms with Gasteiger partial charge in [-0.1, -0.05) is 11.6 Å². The highest BCUT2D eigenvalue weighted by atomic mass is 35.5. The third-order valence-corrected chi connectivity index (χ3v) is 3.31. The molecule has 0 spiro atoms. The van der Waals surface area contributed by atoms with Crippen LogP contribution in [-0.4, -0.2) is 21.7 Å². The predicted molar refractivity (Wildman–Crippen MR) is 61.2 cm³/mol. The number of primary amides is 1. The molecular weight excluding hydrogens is 228 g/mol. The molecule has 6 heteroatoms. The van der Waals surface area contributed by atoms with Crippen LogP contribution < -0.4 is 11.5 Å². The molecular formula is C10H15ClN4O. The Morgan fingerprint density at radius 2 is 2.06 bits per heavy atom. The van der Waals surface area contributed by atoms with Gasteiger partial charge in [-0.25, -0.2) is 0 Å². The van der Waals surface area contributed by atoms with Crippen molar-refractivity contribution < 1.29 is 4.79 Å². The Labute approximate surface area is 98.7 Å². The van der Waals surface area contributed by atoms with E-state index < -0.39 is 5.91 Å². The molecule has 1 aromatic heterocycles. The van der Waals surface area contributed by atoms with E-state index in [0.29, 0.717) is 5.15 Å². The number of amides is 1. The zero-order valence-corrected chi connectivity index (χ0v) is 9.65. The van der Waals surface area contributed by atoms with Crippen LogP contribution in [0.4, 0.5) is 0 Å². The minimum atomic E-state index is -0.548. The van der Waals surface area contributed by atoms with Gasteiger partial charge in [0.2, 0.25) is 0 Å². The van der Waals surface area contributed by atoms with Crippen LogP contribution in [0.15, 0.2) is 6.07 Å². The smallest absolute Gasteiger partial charge is 0.269 e. The Morgan fingerprint density at radius 3 is 2.56 bits per heavy atom. The van der Waals surface area contributed by atoms with E-state index in [-0.39, 0.29) is 17.8 Å². The first-order valence-corrected chi connectivity index (χ1v) is 5.76. The van der Waals surface area contributed by atoms with Crippen molar-refractivity contribution in [3.8, 4) is 0 Å². The lowest BCUT2D eigenvalue weighted by atomic mass is 9.92. The highest BCUT2D eigenvalue weighted by Crippen LogP contribution is 2.29. The Hall–Kier alpha value is -1.07. The monoisotopic (exact) mass is 242 g/mol. The molecule has 1 amide bonds. The van der Waals surface area contributed by atoms with Crippen LogP contribution in [0.25, 0.3) is 0 Å². The van der Waals surface area contributed by atoms with Crippen molar-refractivity contribution in [3.63, 3.8) is 0 Å². The third-order valence-electron chi connectivity index (χ3n) is 3.03. The molecule has 1 aliphatic carbocycles. The van der Waals surface area contributed by atoms with Gasteiger partial charge in [0.25, 0.3) is 5.91 Å². The first-order chi connectivity index (χ1) is 7.58. The van der Waals surface area contributed by atoms with E-state index in [1.807, 2.05) is 0 Å². The second-order valence-electron chi connectivity index (χ2n) is 4.23. The summed E-state index contributed by atoms with van der Waals surface area (Å²) in [7, 11) is 0. The minimum absolute atomic E-state index is 0.222. The van der Waals surface area contributed by atoms with Crippen LogP contribution in [0.2, 0.25) is 5.15 Å². The van der Waals surface area contributed by atoms with Gasteiger partial charge >= 0.3 is 0 Å². The highest BCUT2D eigenvalue weighted by Gasteiger charge is 2.23. The van der Waals surface area contributed by atoms with Crippen LogP contribution in [0, 0.1) is 0 Å². The molecule has 0 aliphatic heterocycles. The van der Waals surface area contributed by atoms with Crippen molar-refractivity contribution in [1.82, 2.24) is 9.78 Å². The standard InChI is InChI=1S/C10H15ClN4O/c11-9-5-8(10(13)16)14-15(9)7-3-1-6(12)2-4-7/h5-7H,1-4,12H2,(H2,13,16). The van der Waals surface area contributed by atoms with Crippen LogP contribution in [0.5, 0.6) is 0 Å². The van der Waals surface area contributed by atoms with Gasteiger partial charge in [0.15, 0.2) is 5.69 Å². The largest absolute Gasteiger partial charge is 0.364 e. The summed E-state index contributed by atoms with van der Waals surface area (Å²) in [6, 6.07) is 2.03. The molecule has 0 atom stereocenters. The lowest BCUT2D eigenvalue weighted by Gasteiger charge is -2.26. The van der Waals surface area contributed by atoms with E-state index in [9.17, 15) is 4.79 Å². The minimum Gasteiger partial charge on any atom is -0.364 e. The summed E-state index contributed by atoms with van der Waals surface area (Å²) >= 11 is 6.02. The van der Waals surface area contributed by atoms with Gasteiger partial charge in [-0.15, -0.1) is 0 Å². The molecule has 1 aromatic rings. The van der Waals surface area contributed by atoms with Crippen LogP contribution >= 0.6 is 11.6 Å². The molecule has 4 N–H and O–H groups in total. The number of aromatic nitrogens is 2. The van der Waals surface area contributed by atoms with Gasteiger partial charge in [0.05, 0.1) is 6.04 Å². The SMILES string of the molecule is NC(=O)c1cc(Cl)n(C2CCC(N)CC2)n1. The molecule has 1 aliphatic rings. The molecule has 2 rings (SSSR count). The van der Waals surface area contributed by atoms with E-state index >= 15 is 0 Å². The van der Waals surface area contributed by atoms with E-state index in [0.717, 1.165) is 25.7 Å². The van der Waals surface area contributed by atoms with Crippen molar-refractivity contribution in [2.75, 3.05) is 0 Å². The summed E-state index contributed by atoms with van der Waals surface area (Å²) in [5.41, 5.74) is 11.2. The van der Waals surface area contributed by atoms with Crippen LogP contribution in [0.1, 0.15) is 42.2 Å². The number of carbonyl (C=O) groups is 1. The molecule has 16 heavy (non-hydrogen) atoms. The Kier molecular flexibility index (Phi) is 3.16. The molecule has 0 unspecified atom stereocenters. The average Bonchev–Trinajstić information content (AvgIpc) is 2.62. The predicted octanol–water partition coefficient (Wildman–Crippen LogP) is 1.08. The quantitative estimate of drug-likeness (QED) is 0.814. The van der Waals surface area contributed by atoms with Crippen molar-refractivity contribution in [3.05, 3.63) is 16.9 Å². The first kappa shape index (κ1) is 11.4. The number of carbonyl (C=O) groups excluding carboxylic acids is 1. The molecule has 5 nitrogen and oxygen atoms in total. The fourth-order valence-electron chi connectivity index (χ4n) is 2.09.